The number of carboxylic acid groups (broad SMARTS) is 1. The van der Waals surface area contributed by atoms with Crippen LogP contribution in [0, 0.1) is 0 Å². The maximum absolute atomic E-state index is 10.4. The fourth-order valence-corrected chi connectivity index (χ4v) is 0.945. The zero-order valence-electron chi connectivity index (χ0n) is 8.40. The fourth-order valence-electron chi connectivity index (χ4n) is 0.945. The molecule has 0 fully saturated rings. The lowest BCUT2D eigenvalue weighted by Crippen LogP contribution is -2.16. The van der Waals surface area contributed by atoms with Gasteiger partial charge in [-0.3, -0.25) is 5.32 Å². The van der Waals surface area contributed by atoms with Crippen LogP contribution < -0.4 is 5.32 Å². The Bertz CT molecular complexity index is 344. The van der Waals surface area contributed by atoms with E-state index in [1.807, 2.05) is 20.8 Å². The van der Waals surface area contributed by atoms with Crippen molar-refractivity contribution >= 4 is 11.9 Å². The van der Waals surface area contributed by atoms with Gasteiger partial charge in [-0.2, -0.15) is 0 Å². The third-order valence-electron chi connectivity index (χ3n) is 1.67. The Kier molecular flexibility index (Phi) is 2.69. The van der Waals surface area contributed by atoms with E-state index in [1.165, 1.54) is 6.33 Å². The van der Waals surface area contributed by atoms with E-state index in [0.717, 1.165) is 5.69 Å². The van der Waals surface area contributed by atoms with Crippen molar-refractivity contribution < 1.29 is 9.90 Å². The Morgan fingerprint density at radius 2 is 2.07 bits per heavy atom. The highest BCUT2D eigenvalue weighted by Crippen LogP contribution is 2.20. The van der Waals surface area contributed by atoms with E-state index < -0.39 is 6.09 Å². The molecule has 0 aliphatic carbocycles. The summed E-state index contributed by atoms with van der Waals surface area (Å²) in [6.07, 6.45) is 0.231. The van der Waals surface area contributed by atoms with Crippen LogP contribution in [0.15, 0.2) is 12.4 Å². The topological polar surface area (TPSA) is 75.1 Å². The molecule has 0 saturated carbocycles. The number of amides is 1. The van der Waals surface area contributed by atoms with E-state index in [0.29, 0.717) is 5.82 Å². The van der Waals surface area contributed by atoms with Crippen LogP contribution in [-0.2, 0) is 5.41 Å². The van der Waals surface area contributed by atoms with E-state index in [9.17, 15) is 4.79 Å². The third kappa shape index (κ3) is 2.69. The number of carbonyl (C=O) groups is 1. The molecule has 2 N–H and O–H groups in total. The summed E-state index contributed by atoms with van der Waals surface area (Å²) in [7, 11) is 0. The summed E-state index contributed by atoms with van der Waals surface area (Å²) < 4.78 is 0. The van der Waals surface area contributed by atoms with Crippen molar-refractivity contribution in [3.63, 3.8) is 0 Å². The fraction of sp³-hybridized carbons (Fsp3) is 0.444. The number of anilines is 1. The summed E-state index contributed by atoms with van der Waals surface area (Å²) in [5.74, 6) is 0.303. The number of nitrogens with zero attached hydrogens (tertiary/aromatic N) is 2. The molecule has 76 valence electrons. The van der Waals surface area contributed by atoms with Gasteiger partial charge in [-0.05, 0) is 0 Å². The largest absolute Gasteiger partial charge is 0.465 e. The molecule has 5 heteroatoms. The standard InChI is InChI=1S/C9H13N3O2/c1-9(2,3)6-4-7(11-5-10-6)12-8(13)14/h4-5H,1-3H3,(H,13,14)(H,10,11,12). The molecule has 1 aromatic rings. The number of hydrogen-bond acceptors (Lipinski definition) is 3. The first-order valence-electron chi connectivity index (χ1n) is 4.22. The second-order valence-electron chi connectivity index (χ2n) is 3.97. The lowest BCUT2D eigenvalue weighted by Gasteiger charge is -2.17. The number of rotatable bonds is 1. The Balaban J connectivity index is 2.95. The van der Waals surface area contributed by atoms with E-state index in [1.54, 1.807) is 6.07 Å². The molecule has 0 saturated heterocycles. The summed E-state index contributed by atoms with van der Waals surface area (Å²) in [6, 6.07) is 1.63. The number of aromatic nitrogens is 2. The predicted octanol–water partition coefficient (Wildman–Crippen LogP) is 1.86. The maximum Gasteiger partial charge on any atom is 0.410 e. The van der Waals surface area contributed by atoms with Gasteiger partial charge in [-0.25, -0.2) is 14.8 Å². The molecular formula is C9H13N3O2. The molecule has 0 aromatic carbocycles. The van der Waals surface area contributed by atoms with Crippen LogP contribution >= 0.6 is 0 Å². The van der Waals surface area contributed by atoms with Crippen molar-refractivity contribution in [3.05, 3.63) is 18.1 Å². The molecule has 1 rings (SSSR count). The third-order valence-corrected chi connectivity index (χ3v) is 1.67. The number of nitrogens with one attached hydrogen (secondary N) is 1. The van der Waals surface area contributed by atoms with Crippen molar-refractivity contribution in [2.45, 2.75) is 26.2 Å². The molecule has 0 aliphatic rings. The van der Waals surface area contributed by atoms with Crippen molar-refractivity contribution in [1.29, 1.82) is 0 Å². The number of hydrogen-bond donors (Lipinski definition) is 2. The van der Waals surface area contributed by atoms with E-state index >= 15 is 0 Å². The predicted molar refractivity (Wildman–Crippen MR) is 52.4 cm³/mol. The van der Waals surface area contributed by atoms with Crippen LogP contribution in [-0.4, -0.2) is 21.2 Å². The quantitative estimate of drug-likeness (QED) is 0.717. The molecule has 14 heavy (non-hydrogen) atoms. The Hall–Kier alpha value is -1.65. The molecule has 1 heterocycles. The minimum atomic E-state index is -1.12. The normalized spacial score (nSPS) is 11.1. The lowest BCUT2D eigenvalue weighted by atomic mass is 9.92. The van der Waals surface area contributed by atoms with Gasteiger partial charge in [0.1, 0.15) is 12.1 Å². The molecule has 1 aromatic heterocycles. The Morgan fingerprint density at radius 3 is 2.57 bits per heavy atom. The summed E-state index contributed by atoms with van der Waals surface area (Å²) in [5.41, 5.74) is 0.689. The highest BCUT2D eigenvalue weighted by molar-refractivity contribution is 5.81. The van der Waals surface area contributed by atoms with Crippen molar-refractivity contribution in [3.8, 4) is 0 Å². The van der Waals surface area contributed by atoms with E-state index in [-0.39, 0.29) is 5.41 Å². The first kappa shape index (κ1) is 10.4. The molecule has 0 atom stereocenters. The van der Waals surface area contributed by atoms with Gasteiger partial charge in [0.2, 0.25) is 0 Å². The Morgan fingerprint density at radius 1 is 1.43 bits per heavy atom. The van der Waals surface area contributed by atoms with Gasteiger partial charge in [0.05, 0.1) is 5.69 Å². The van der Waals surface area contributed by atoms with Gasteiger partial charge < -0.3 is 5.11 Å². The van der Waals surface area contributed by atoms with Crippen molar-refractivity contribution in [1.82, 2.24) is 9.97 Å². The van der Waals surface area contributed by atoms with Crippen molar-refractivity contribution in [2.75, 3.05) is 5.32 Å². The highest BCUT2D eigenvalue weighted by atomic mass is 16.4. The molecular weight excluding hydrogens is 182 g/mol. The first-order chi connectivity index (χ1) is 6.39. The second-order valence-corrected chi connectivity index (χ2v) is 3.97. The van der Waals surface area contributed by atoms with Gasteiger partial charge in [-0.1, -0.05) is 20.8 Å². The molecule has 5 nitrogen and oxygen atoms in total. The summed E-state index contributed by atoms with van der Waals surface area (Å²) in [6.45, 7) is 6.00. The van der Waals surface area contributed by atoms with Crippen LogP contribution in [0.25, 0.3) is 0 Å². The van der Waals surface area contributed by atoms with Gasteiger partial charge in [0.15, 0.2) is 0 Å². The zero-order valence-corrected chi connectivity index (χ0v) is 8.40. The van der Waals surface area contributed by atoms with Crippen LogP contribution in [0.2, 0.25) is 0 Å². The monoisotopic (exact) mass is 195 g/mol. The Labute approximate surface area is 82.2 Å². The molecule has 0 unspecified atom stereocenters. The smallest absolute Gasteiger partial charge is 0.410 e. The first-order valence-corrected chi connectivity index (χ1v) is 4.22. The average molecular weight is 195 g/mol. The summed E-state index contributed by atoms with van der Waals surface area (Å²) in [5, 5.41) is 10.7. The van der Waals surface area contributed by atoms with Crippen LogP contribution in [0.4, 0.5) is 10.6 Å². The van der Waals surface area contributed by atoms with Crippen molar-refractivity contribution in [2.24, 2.45) is 0 Å². The van der Waals surface area contributed by atoms with Crippen LogP contribution in [0.3, 0.4) is 0 Å². The van der Waals surface area contributed by atoms with E-state index in [2.05, 4.69) is 15.3 Å². The highest BCUT2D eigenvalue weighted by Gasteiger charge is 2.16. The summed E-state index contributed by atoms with van der Waals surface area (Å²) in [4.78, 5) is 18.2. The molecule has 1 amide bonds. The van der Waals surface area contributed by atoms with Gasteiger partial charge in [0.25, 0.3) is 0 Å². The average Bonchev–Trinajstić information content (AvgIpc) is 2.01. The van der Waals surface area contributed by atoms with Crippen LogP contribution in [0.1, 0.15) is 26.5 Å². The van der Waals surface area contributed by atoms with Gasteiger partial charge >= 0.3 is 6.09 Å². The molecule has 0 aliphatic heterocycles. The van der Waals surface area contributed by atoms with Gasteiger partial charge in [0, 0.05) is 11.5 Å². The summed E-state index contributed by atoms with van der Waals surface area (Å²) >= 11 is 0. The minimum absolute atomic E-state index is 0.113. The lowest BCUT2D eigenvalue weighted by molar-refractivity contribution is 0.209. The second kappa shape index (κ2) is 3.61. The van der Waals surface area contributed by atoms with Crippen LogP contribution in [0.5, 0.6) is 0 Å². The van der Waals surface area contributed by atoms with E-state index in [4.69, 9.17) is 5.11 Å². The molecule has 0 bridgehead atoms. The maximum atomic E-state index is 10.4. The molecule has 0 radical (unpaired) electrons. The SMILES string of the molecule is CC(C)(C)c1cc(NC(=O)O)ncn1. The molecule has 0 spiro atoms. The van der Waals surface area contributed by atoms with Gasteiger partial charge in [-0.15, -0.1) is 0 Å². The zero-order chi connectivity index (χ0) is 10.8. The minimum Gasteiger partial charge on any atom is -0.465 e.